The van der Waals surface area contributed by atoms with Crippen molar-refractivity contribution < 1.29 is 19.1 Å². The summed E-state index contributed by atoms with van der Waals surface area (Å²) >= 11 is 0. The highest BCUT2D eigenvalue weighted by Crippen LogP contribution is 2.27. The molecule has 0 aliphatic carbocycles. The maximum absolute atomic E-state index is 12.4. The van der Waals surface area contributed by atoms with Gasteiger partial charge in [-0.2, -0.15) is 0 Å². The predicted molar refractivity (Wildman–Crippen MR) is 124 cm³/mol. The largest absolute Gasteiger partial charge is 0.481 e. The van der Waals surface area contributed by atoms with Crippen LogP contribution < -0.4 is 15.0 Å². The molecule has 1 saturated heterocycles. The molecule has 0 bridgehead atoms. The third kappa shape index (κ3) is 5.17. The highest BCUT2D eigenvalue weighted by molar-refractivity contribution is 5.94. The Morgan fingerprint density at radius 3 is 2.44 bits per heavy atom. The average molecular weight is 434 g/mol. The second-order valence-corrected chi connectivity index (χ2v) is 7.80. The highest BCUT2D eigenvalue weighted by Gasteiger charge is 2.14. The van der Waals surface area contributed by atoms with Gasteiger partial charge in [-0.25, -0.2) is 9.78 Å². The fraction of sp³-hybridized carbons (Fsp3) is 0.320. The molecule has 2 aromatic carbocycles. The fourth-order valence-corrected chi connectivity index (χ4v) is 3.85. The molecular formula is C25H27N3O4. The van der Waals surface area contributed by atoms with Crippen LogP contribution in [-0.2, 0) is 9.53 Å². The molecule has 1 N–H and O–H groups in total. The molecule has 1 amide bonds. The molecule has 2 heterocycles. The number of methoxy groups -OCH3 is 1. The highest BCUT2D eigenvalue weighted by atomic mass is 16.5. The number of aromatic nitrogens is 1. The third-order valence-electron chi connectivity index (χ3n) is 5.55. The van der Waals surface area contributed by atoms with Crippen LogP contribution in [0.3, 0.4) is 0 Å². The number of nitrogens with one attached hydrogen (secondary N) is 1. The van der Waals surface area contributed by atoms with E-state index in [-0.39, 0.29) is 12.5 Å². The SMILES string of the molecule is COC(=O)c1ccc(NC(=O)COc2cccc3ccc(N4CCCCCC4)nc23)cc1. The van der Waals surface area contributed by atoms with E-state index in [9.17, 15) is 9.59 Å². The zero-order valence-corrected chi connectivity index (χ0v) is 18.2. The Morgan fingerprint density at radius 2 is 1.72 bits per heavy atom. The summed E-state index contributed by atoms with van der Waals surface area (Å²) in [6.07, 6.45) is 4.88. The van der Waals surface area contributed by atoms with Crippen molar-refractivity contribution in [1.82, 2.24) is 4.98 Å². The van der Waals surface area contributed by atoms with Crippen LogP contribution in [0.1, 0.15) is 36.0 Å². The molecule has 0 saturated carbocycles. The zero-order chi connectivity index (χ0) is 22.3. The summed E-state index contributed by atoms with van der Waals surface area (Å²) < 4.78 is 10.5. The molecule has 7 heteroatoms. The first kappa shape index (κ1) is 21.6. The van der Waals surface area contributed by atoms with E-state index in [0.29, 0.717) is 17.0 Å². The van der Waals surface area contributed by atoms with E-state index in [2.05, 4.69) is 27.1 Å². The topological polar surface area (TPSA) is 80.8 Å². The smallest absolute Gasteiger partial charge is 0.337 e. The first-order chi connectivity index (χ1) is 15.6. The lowest BCUT2D eigenvalue weighted by Gasteiger charge is -2.22. The van der Waals surface area contributed by atoms with Crippen LogP contribution in [0.2, 0.25) is 0 Å². The van der Waals surface area contributed by atoms with E-state index >= 15 is 0 Å². The lowest BCUT2D eigenvalue weighted by molar-refractivity contribution is -0.118. The van der Waals surface area contributed by atoms with Crippen molar-refractivity contribution in [2.24, 2.45) is 0 Å². The molecular weight excluding hydrogens is 406 g/mol. The van der Waals surface area contributed by atoms with Gasteiger partial charge >= 0.3 is 5.97 Å². The molecule has 1 aliphatic rings. The van der Waals surface area contributed by atoms with Gasteiger partial charge in [0.2, 0.25) is 0 Å². The van der Waals surface area contributed by atoms with Gasteiger partial charge in [0.25, 0.3) is 5.91 Å². The average Bonchev–Trinajstić information content (AvgIpc) is 3.12. The van der Waals surface area contributed by atoms with E-state index in [4.69, 9.17) is 9.72 Å². The summed E-state index contributed by atoms with van der Waals surface area (Å²) in [6.45, 7) is 1.88. The summed E-state index contributed by atoms with van der Waals surface area (Å²) in [5.74, 6) is 0.812. The molecule has 0 atom stereocenters. The number of pyridine rings is 1. The van der Waals surface area contributed by atoms with Gasteiger partial charge in [-0.3, -0.25) is 4.79 Å². The third-order valence-corrected chi connectivity index (χ3v) is 5.55. The van der Waals surface area contributed by atoms with Crippen molar-refractivity contribution in [3.8, 4) is 5.75 Å². The van der Waals surface area contributed by atoms with Crippen LogP contribution in [0.15, 0.2) is 54.6 Å². The van der Waals surface area contributed by atoms with Crippen molar-refractivity contribution >= 4 is 34.3 Å². The Bertz CT molecular complexity index is 1090. The molecule has 1 aliphatic heterocycles. The summed E-state index contributed by atoms with van der Waals surface area (Å²) in [4.78, 5) is 31.1. The number of benzene rings is 2. The summed E-state index contributed by atoms with van der Waals surface area (Å²) in [5.41, 5.74) is 1.75. The van der Waals surface area contributed by atoms with Crippen molar-refractivity contribution in [2.45, 2.75) is 25.7 Å². The minimum Gasteiger partial charge on any atom is -0.481 e. The summed E-state index contributed by atoms with van der Waals surface area (Å²) in [6, 6.07) is 16.3. The standard InChI is InChI=1S/C25H27N3O4/c1-31-25(30)19-9-12-20(13-10-19)26-23(29)17-32-21-8-6-7-18-11-14-22(27-24(18)21)28-15-4-2-3-5-16-28/h6-14H,2-5,15-17H2,1H3,(H,26,29). The van der Waals surface area contributed by atoms with Gasteiger partial charge in [-0.1, -0.05) is 25.0 Å². The van der Waals surface area contributed by atoms with E-state index in [1.54, 1.807) is 24.3 Å². The van der Waals surface area contributed by atoms with Gasteiger partial charge < -0.3 is 19.7 Å². The number of ether oxygens (including phenoxy) is 2. The summed E-state index contributed by atoms with van der Waals surface area (Å²) in [7, 11) is 1.33. The monoisotopic (exact) mass is 433 g/mol. The minimum atomic E-state index is -0.422. The van der Waals surface area contributed by atoms with E-state index in [1.807, 2.05) is 18.2 Å². The number of esters is 1. The van der Waals surface area contributed by atoms with Crippen molar-refractivity contribution in [1.29, 1.82) is 0 Å². The van der Waals surface area contributed by atoms with E-state index < -0.39 is 5.97 Å². The zero-order valence-electron chi connectivity index (χ0n) is 18.2. The maximum atomic E-state index is 12.4. The Kier molecular flexibility index (Phi) is 6.84. The molecule has 4 rings (SSSR count). The van der Waals surface area contributed by atoms with E-state index in [0.717, 1.165) is 29.8 Å². The molecule has 1 fully saturated rings. The molecule has 0 spiro atoms. The molecule has 0 unspecified atom stereocenters. The van der Waals surface area contributed by atoms with Gasteiger partial charge in [0.15, 0.2) is 6.61 Å². The Balaban J connectivity index is 1.43. The van der Waals surface area contributed by atoms with Crippen LogP contribution >= 0.6 is 0 Å². The molecule has 0 radical (unpaired) electrons. The number of fused-ring (bicyclic) bond motifs is 1. The minimum absolute atomic E-state index is 0.145. The Morgan fingerprint density at radius 1 is 0.969 bits per heavy atom. The number of carbonyl (C=O) groups is 2. The van der Waals surface area contributed by atoms with Crippen molar-refractivity contribution in [3.05, 3.63) is 60.2 Å². The Labute approximate surface area is 187 Å². The fourth-order valence-electron chi connectivity index (χ4n) is 3.85. The molecule has 3 aromatic rings. The van der Waals surface area contributed by atoms with Crippen LogP contribution in [-0.4, -0.2) is 43.7 Å². The number of amides is 1. The first-order valence-corrected chi connectivity index (χ1v) is 10.9. The van der Waals surface area contributed by atoms with Gasteiger partial charge in [-0.05, 0) is 55.3 Å². The Hall–Kier alpha value is -3.61. The number of hydrogen-bond acceptors (Lipinski definition) is 6. The maximum Gasteiger partial charge on any atom is 0.337 e. The van der Waals surface area contributed by atoms with Crippen LogP contribution in [0.4, 0.5) is 11.5 Å². The molecule has 7 nitrogen and oxygen atoms in total. The van der Waals surface area contributed by atoms with Gasteiger partial charge in [0.1, 0.15) is 17.1 Å². The van der Waals surface area contributed by atoms with Gasteiger partial charge in [-0.15, -0.1) is 0 Å². The number of hydrogen-bond donors (Lipinski definition) is 1. The van der Waals surface area contributed by atoms with E-state index in [1.165, 1.54) is 32.8 Å². The number of rotatable bonds is 6. The first-order valence-electron chi connectivity index (χ1n) is 10.9. The van der Waals surface area contributed by atoms with Crippen LogP contribution in [0.25, 0.3) is 10.9 Å². The molecule has 32 heavy (non-hydrogen) atoms. The summed E-state index contributed by atoms with van der Waals surface area (Å²) in [5, 5.41) is 3.74. The number of para-hydroxylation sites is 1. The second-order valence-electron chi connectivity index (χ2n) is 7.80. The van der Waals surface area contributed by atoms with Crippen molar-refractivity contribution in [3.63, 3.8) is 0 Å². The number of nitrogens with zero attached hydrogens (tertiary/aromatic N) is 2. The quantitative estimate of drug-likeness (QED) is 0.580. The number of carbonyl (C=O) groups excluding carboxylic acids is 2. The second kappa shape index (κ2) is 10.1. The predicted octanol–water partition coefficient (Wildman–Crippen LogP) is 4.42. The molecule has 166 valence electrons. The van der Waals surface area contributed by atoms with Gasteiger partial charge in [0.05, 0.1) is 12.7 Å². The lowest BCUT2D eigenvalue weighted by Crippen LogP contribution is -2.24. The van der Waals surface area contributed by atoms with Crippen LogP contribution in [0.5, 0.6) is 5.75 Å². The molecule has 1 aromatic heterocycles. The lowest BCUT2D eigenvalue weighted by atomic mass is 10.2. The number of anilines is 2. The van der Waals surface area contributed by atoms with Gasteiger partial charge in [0, 0.05) is 24.2 Å². The normalized spacial score (nSPS) is 14.0. The van der Waals surface area contributed by atoms with Crippen molar-refractivity contribution in [2.75, 3.05) is 37.0 Å². The van der Waals surface area contributed by atoms with Crippen LogP contribution in [0, 0.1) is 0 Å².